The highest BCUT2D eigenvalue weighted by Gasteiger charge is 2.43. The molecular weight excluding hydrogens is 260 g/mol. The number of piperidine rings is 1. The maximum absolute atomic E-state index is 10.8. The van der Waals surface area contributed by atoms with Crippen LogP contribution in [-0.2, 0) is 0 Å². The Morgan fingerprint density at radius 2 is 1.95 bits per heavy atom. The Morgan fingerprint density at radius 1 is 1.19 bits per heavy atom. The van der Waals surface area contributed by atoms with Crippen LogP contribution in [0.5, 0.6) is 0 Å². The molecule has 0 bridgehead atoms. The molecule has 1 saturated heterocycles. The van der Waals surface area contributed by atoms with Gasteiger partial charge in [0.05, 0.1) is 5.60 Å². The van der Waals surface area contributed by atoms with Crippen LogP contribution in [0.4, 0.5) is 0 Å². The number of hydrogen-bond donors (Lipinski definition) is 2. The maximum Gasteiger partial charge on any atom is 0.0700 e. The van der Waals surface area contributed by atoms with Crippen LogP contribution in [-0.4, -0.2) is 48.3 Å². The molecule has 0 aromatic carbocycles. The number of nitrogens with zero attached hydrogens (tertiary/aromatic N) is 1. The van der Waals surface area contributed by atoms with Crippen LogP contribution in [0.1, 0.15) is 65.7 Å². The fourth-order valence-corrected chi connectivity index (χ4v) is 4.43. The van der Waals surface area contributed by atoms with Gasteiger partial charge in [0.15, 0.2) is 0 Å². The summed E-state index contributed by atoms with van der Waals surface area (Å²) in [5.74, 6) is 0.519. The molecule has 124 valence electrons. The molecule has 2 atom stereocenters. The van der Waals surface area contributed by atoms with E-state index in [0.717, 1.165) is 39.0 Å². The molecule has 1 heterocycles. The second-order valence-electron chi connectivity index (χ2n) is 7.52. The fourth-order valence-electron chi connectivity index (χ4n) is 4.43. The van der Waals surface area contributed by atoms with Crippen LogP contribution in [0, 0.1) is 11.3 Å². The lowest BCUT2D eigenvalue weighted by atomic mass is 9.70. The Bertz CT molecular complexity index is 316. The first-order chi connectivity index (χ1) is 10.1. The van der Waals surface area contributed by atoms with Gasteiger partial charge in [-0.05, 0) is 44.1 Å². The lowest BCUT2D eigenvalue weighted by molar-refractivity contribution is -0.101. The molecule has 0 amide bonds. The van der Waals surface area contributed by atoms with E-state index in [0.29, 0.717) is 11.3 Å². The topological polar surface area (TPSA) is 35.5 Å². The van der Waals surface area contributed by atoms with Gasteiger partial charge >= 0.3 is 0 Å². The molecule has 3 heteroatoms. The van der Waals surface area contributed by atoms with Crippen molar-refractivity contribution >= 4 is 0 Å². The minimum absolute atomic E-state index is 0.336. The summed E-state index contributed by atoms with van der Waals surface area (Å²) in [5.41, 5.74) is 0.0671. The van der Waals surface area contributed by atoms with Gasteiger partial charge in [-0.15, -0.1) is 0 Å². The lowest BCUT2D eigenvalue weighted by Crippen LogP contribution is -2.55. The van der Waals surface area contributed by atoms with Crippen molar-refractivity contribution in [3.8, 4) is 0 Å². The summed E-state index contributed by atoms with van der Waals surface area (Å²) in [6, 6.07) is 0. The molecule has 1 aliphatic carbocycles. The molecule has 0 radical (unpaired) electrons. The van der Waals surface area contributed by atoms with Gasteiger partial charge in [-0.2, -0.15) is 0 Å². The fraction of sp³-hybridized carbons (Fsp3) is 1.00. The third-order valence-corrected chi connectivity index (χ3v) is 6.32. The molecule has 3 nitrogen and oxygen atoms in total. The molecule has 2 fully saturated rings. The molecule has 0 aromatic rings. The molecule has 1 aliphatic heterocycles. The quantitative estimate of drug-likeness (QED) is 0.758. The first-order valence-electron chi connectivity index (χ1n) is 9.23. The van der Waals surface area contributed by atoms with Crippen molar-refractivity contribution in [2.75, 3.05) is 32.7 Å². The summed E-state index contributed by atoms with van der Waals surface area (Å²) in [4.78, 5) is 2.65. The summed E-state index contributed by atoms with van der Waals surface area (Å²) in [7, 11) is 0. The van der Waals surface area contributed by atoms with E-state index in [9.17, 15) is 5.11 Å². The van der Waals surface area contributed by atoms with Gasteiger partial charge < -0.3 is 15.3 Å². The van der Waals surface area contributed by atoms with E-state index < -0.39 is 0 Å². The van der Waals surface area contributed by atoms with Crippen LogP contribution in [0.25, 0.3) is 0 Å². The van der Waals surface area contributed by atoms with E-state index in [4.69, 9.17) is 0 Å². The van der Waals surface area contributed by atoms with Crippen molar-refractivity contribution in [1.29, 1.82) is 0 Å². The van der Waals surface area contributed by atoms with Crippen molar-refractivity contribution in [1.82, 2.24) is 10.2 Å². The minimum Gasteiger partial charge on any atom is -0.390 e. The second kappa shape index (κ2) is 7.43. The second-order valence-corrected chi connectivity index (χ2v) is 7.52. The zero-order chi connectivity index (χ0) is 15.3. The molecular formula is C18H36N2O. The van der Waals surface area contributed by atoms with E-state index >= 15 is 0 Å². The SMILES string of the molecule is CCNCC(CC)(CC)CN1CCC2(O)CCCCC2C1. The van der Waals surface area contributed by atoms with E-state index in [1.807, 2.05) is 0 Å². The van der Waals surface area contributed by atoms with Crippen molar-refractivity contribution < 1.29 is 5.11 Å². The Kier molecular flexibility index (Phi) is 6.10. The summed E-state index contributed by atoms with van der Waals surface area (Å²) < 4.78 is 0. The molecule has 2 aliphatic rings. The van der Waals surface area contributed by atoms with Crippen LogP contribution >= 0.6 is 0 Å². The minimum atomic E-state index is -0.336. The zero-order valence-corrected chi connectivity index (χ0v) is 14.5. The normalized spacial score (nSPS) is 31.1. The van der Waals surface area contributed by atoms with E-state index in [-0.39, 0.29) is 5.60 Å². The Hall–Kier alpha value is -0.120. The van der Waals surface area contributed by atoms with Gasteiger partial charge in [0.2, 0.25) is 0 Å². The predicted octanol–water partition coefficient (Wildman–Crippen LogP) is 3.03. The zero-order valence-electron chi connectivity index (χ0n) is 14.5. The Morgan fingerprint density at radius 3 is 2.62 bits per heavy atom. The van der Waals surface area contributed by atoms with Gasteiger partial charge in [-0.25, -0.2) is 0 Å². The number of likely N-dealkylation sites (tertiary alicyclic amines) is 1. The van der Waals surface area contributed by atoms with Gasteiger partial charge in [0.25, 0.3) is 0 Å². The van der Waals surface area contributed by atoms with E-state index in [1.165, 1.54) is 38.6 Å². The van der Waals surface area contributed by atoms with Crippen LogP contribution in [0.3, 0.4) is 0 Å². The summed E-state index contributed by atoms with van der Waals surface area (Å²) in [5, 5.41) is 14.4. The Balaban J connectivity index is 1.95. The lowest BCUT2D eigenvalue weighted by Gasteiger charge is -2.49. The number of aliphatic hydroxyl groups is 1. The van der Waals surface area contributed by atoms with E-state index in [2.05, 4.69) is 31.0 Å². The average molecular weight is 296 g/mol. The van der Waals surface area contributed by atoms with Crippen LogP contribution in [0.2, 0.25) is 0 Å². The number of nitrogens with one attached hydrogen (secondary N) is 1. The molecule has 2 N–H and O–H groups in total. The molecule has 0 spiro atoms. The van der Waals surface area contributed by atoms with Crippen LogP contribution in [0.15, 0.2) is 0 Å². The van der Waals surface area contributed by atoms with Crippen molar-refractivity contribution in [2.24, 2.45) is 11.3 Å². The highest BCUT2D eigenvalue weighted by Crippen LogP contribution is 2.40. The number of rotatable bonds is 7. The smallest absolute Gasteiger partial charge is 0.0700 e. The monoisotopic (exact) mass is 296 g/mol. The maximum atomic E-state index is 10.8. The highest BCUT2D eigenvalue weighted by molar-refractivity contribution is 4.97. The first-order valence-corrected chi connectivity index (χ1v) is 9.23. The average Bonchev–Trinajstić information content (AvgIpc) is 2.51. The Labute approximate surface area is 131 Å². The van der Waals surface area contributed by atoms with Gasteiger partial charge in [0.1, 0.15) is 0 Å². The third-order valence-electron chi connectivity index (χ3n) is 6.32. The molecule has 21 heavy (non-hydrogen) atoms. The van der Waals surface area contributed by atoms with Crippen molar-refractivity contribution in [3.05, 3.63) is 0 Å². The predicted molar refractivity (Wildman–Crippen MR) is 89.5 cm³/mol. The van der Waals surface area contributed by atoms with E-state index in [1.54, 1.807) is 0 Å². The van der Waals surface area contributed by atoms with Gasteiger partial charge in [-0.3, -0.25) is 0 Å². The highest BCUT2D eigenvalue weighted by atomic mass is 16.3. The van der Waals surface area contributed by atoms with Crippen molar-refractivity contribution in [2.45, 2.75) is 71.3 Å². The van der Waals surface area contributed by atoms with Crippen molar-refractivity contribution in [3.63, 3.8) is 0 Å². The standard InChI is InChI=1S/C18H36N2O/c1-4-17(5-2,14-19-6-3)15-20-12-11-18(21)10-8-7-9-16(18)13-20/h16,19,21H,4-15H2,1-3H3. The summed E-state index contributed by atoms with van der Waals surface area (Å²) in [6.07, 6.45) is 8.26. The number of fused-ring (bicyclic) bond motifs is 1. The molecule has 2 rings (SSSR count). The first kappa shape index (κ1) is 17.2. The molecule has 0 aromatic heterocycles. The molecule has 2 unspecified atom stereocenters. The largest absolute Gasteiger partial charge is 0.390 e. The number of hydrogen-bond acceptors (Lipinski definition) is 3. The third kappa shape index (κ3) is 4.00. The van der Waals surface area contributed by atoms with Gasteiger partial charge in [-0.1, -0.05) is 33.6 Å². The van der Waals surface area contributed by atoms with Gasteiger partial charge in [0, 0.05) is 32.1 Å². The molecule has 1 saturated carbocycles. The van der Waals surface area contributed by atoms with Crippen LogP contribution < -0.4 is 5.32 Å². The summed E-state index contributed by atoms with van der Waals surface area (Å²) in [6.45, 7) is 12.4. The summed E-state index contributed by atoms with van der Waals surface area (Å²) >= 11 is 0.